The number of hydrogen-bond acceptors (Lipinski definition) is 4. The number of ether oxygens (including phenoxy) is 1. The molecule has 0 bridgehead atoms. The highest BCUT2D eigenvalue weighted by molar-refractivity contribution is 7.99. The summed E-state index contributed by atoms with van der Waals surface area (Å²) in [5.74, 6) is -0.736. The van der Waals surface area contributed by atoms with Crippen molar-refractivity contribution in [3.63, 3.8) is 0 Å². The van der Waals surface area contributed by atoms with Crippen LogP contribution in [0.4, 0.5) is 18.9 Å². The van der Waals surface area contributed by atoms with Crippen molar-refractivity contribution in [3.05, 3.63) is 52.0 Å². The minimum atomic E-state index is -4.64. The minimum Gasteiger partial charge on any atom is -0.383 e. The lowest BCUT2D eigenvalue weighted by molar-refractivity contribution is -0.137. The number of rotatable bonds is 7. The SMILES string of the molecule is COCCn1c(SCC(=O)Nc2ccc(Cl)cc2C(F)(F)F)nc2cc(Cl)ccc21. The van der Waals surface area contributed by atoms with E-state index in [1.807, 2.05) is 10.6 Å². The molecule has 0 aliphatic rings. The molecule has 3 aromatic rings. The minimum absolute atomic E-state index is 0.0692. The predicted octanol–water partition coefficient (Wildman–Crippen LogP) is 5.74. The van der Waals surface area contributed by atoms with Crippen molar-refractivity contribution in [1.82, 2.24) is 9.55 Å². The lowest BCUT2D eigenvalue weighted by Crippen LogP contribution is -2.18. The summed E-state index contributed by atoms with van der Waals surface area (Å²) >= 11 is 12.8. The van der Waals surface area contributed by atoms with Crippen molar-refractivity contribution in [2.75, 3.05) is 24.8 Å². The van der Waals surface area contributed by atoms with Crippen molar-refractivity contribution < 1.29 is 22.7 Å². The number of nitrogens with one attached hydrogen (secondary N) is 1. The van der Waals surface area contributed by atoms with Gasteiger partial charge in [0, 0.05) is 23.7 Å². The molecule has 30 heavy (non-hydrogen) atoms. The van der Waals surface area contributed by atoms with Gasteiger partial charge < -0.3 is 14.6 Å². The molecule has 0 spiro atoms. The number of carbonyl (C=O) groups is 1. The molecule has 5 nitrogen and oxygen atoms in total. The van der Waals surface area contributed by atoms with E-state index in [0.717, 1.165) is 29.4 Å². The standard InChI is InChI=1S/C19H16Cl2F3N3O2S/c1-29-7-6-27-16-5-3-12(21)9-15(16)26-18(27)30-10-17(28)25-14-4-2-11(20)8-13(14)19(22,23)24/h2-5,8-9H,6-7,10H2,1H3,(H,25,28). The van der Waals surface area contributed by atoms with Crippen LogP contribution in [0, 0.1) is 0 Å². The van der Waals surface area contributed by atoms with Gasteiger partial charge in [0.2, 0.25) is 5.91 Å². The number of benzene rings is 2. The highest BCUT2D eigenvalue weighted by Crippen LogP contribution is 2.36. The first kappa shape index (κ1) is 22.7. The Kier molecular flexibility index (Phi) is 7.18. The van der Waals surface area contributed by atoms with Gasteiger partial charge in [-0.25, -0.2) is 4.98 Å². The summed E-state index contributed by atoms with van der Waals surface area (Å²) in [7, 11) is 1.57. The average Bonchev–Trinajstić information content (AvgIpc) is 3.01. The van der Waals surface area contributed by atoms with Crippen LogP contribution in [-0.4, -0.2) is 34.9 Å². The van der Waals surface area contributed by atoms with Gasteiger partial charge in [-0.3, -0.25) is 4.79 Å². The number of halogens is 5. The first-order chi connectivity index (χ1) is 14.2. The monoisotopic (exact) mass is 477 g/mol. The normalized spacial score (nSPS) is 11.8. The van der Waals surface area contributed by atoms with Crippen molar-refractivity contribution >= 4 is 57.6 Å². The van der Waals surface area contributed by atoms with E-state index in [4.69, 9.17) is 27.9 Å². The maximum absolute atomic E-state index is 13.2. The molecular weight excluding hydrogens is 462 g/mol. The Labute approximate surface area is 184 Å². The van der Waals surface area contributed by atoms with E-state index in [-0.39, 0.29) is 16.5 Å². The zero-order valence-electron chi connectivity index (χ0n) is 15.6. The second-order valence-electron chi connectivity index (χ2n) is 6.20. The third kappa shape index (κ3) is 5.40. The Morgan fingerprint density at radius 2 is 1.90 bits per heavy atom. The van der Waals surface area contributed by atoms with Crippen molar-refractivity contribution in [3.8, 4) is 0 Å². The van der Waals surface area contributed by atoms with Crippen LogP contribution in [0.25, 0.3) is 11.0 Å². The van der Waals surface area contributed by atoms with E-state index >= 15 is 0 Å². The van der Waals surface area contributed by atoms with Gasteiger partial charge in [-0.15, -0.1) is 0 Å². The third-order valence-corrected chi connectivity index (χ3v) is 5.53. The molecule has 0 radical (unpaired) electrons. The Bertz CT molecular complexity index is 1070. The summed E-state index contributed by atoms with van der Waals surface area (Å²) in [4.78, 5) is 16.8. The number of alkyl halides is 3. The highest BCUT2D eigenvalue weighted by Gasteiger charge is 2.34. The molecule has 0 aliphatic carbocycles. The predicted molar refractivity (Wildman–Crippen MR) is 112 cm³/mol. The van der Waals surface area contributed by atoms with Gasteiger partial charge in [-0.2, -0.15) is 13.2 Å². The summed E-state index contributed by atoms with van der Waals surface area (Å²) < 4.78 is 46.6. The topological polar surface area (TPSA) is 56.1 Å². The molecule has 3 rings (SSSR count). The molecule has 0 fully saturated rings. The van der Waals surface area contributed by atoms with Gasteiger partial charge >= 0.3 is 6.18 Å². The molecule has 2 aromatic carbocycles. The van der Waals surface area contributed by atoms with Crippen LogP contribution in [0.2, 0.25) is 10.0 Å². The maximum atomic E-state index is 13.2. The first-order valence-corrected chi connectivity index (χ1v) is 10.4. The Morgan fingerprint density at radius 3 is 2.60 bits per heavy atom. The Hall–Kier alpha value is -1.94. The number of carbonyl (C=O) groups excluding carboxylic acids is 1. The molecule has 1 aromatic heterocycles. The highest BCUT2D eigenvalue weighted by atomic mass is 35.5. The van der Waals surface area contributed by atoms with Crippen molar-refractivity contribution in [1.29, 1.82) is 0 Å². The first-order valence-electron chi connectivity index (χ1n) is 8.63. The number of thioether (sulfide) groups is 1. The van der Waals surface area contributed by atoms with Crippen LogP contribution in [0.5, 0.6) is 0 Å². The van der Waals surface area contributed by atoms with Crippen molar-refractivity contribution in [2.24, 2.45) is 0 Å². The molecular formula is C19H16Cl2F3N3O2S. The number of amides is 1. The summed E-state index contributed by atoms with van der Waals surface area (Å²) in [5.41, 5.74) is 0.113. The molecule has 160 valence electrons. The van der Waals surface area contributed by atoms with Crippen LogP contribution in [0.1, 0.15) is 5.56 Å². The molecule has 0 saturated carbocycles. The van der Waals surface area contributed by atoms with Gasteiger partial charge in [-0.05, 0) is 36.4 Å². The van der Waals surface area contributed by atoms with Crippen LogP contribution in [0.3, 0.4) is 0 Å². The summed E-state index contributed by atoms with van der Waals surface area (Å²) in [6, 6.07) is 8.44. The van der Waals surface area contributed by atoms with E-state index < -0.39 is 17.6 Å². The van der Waals surface area contributed by atoms with Gasteiger partial charge in [0.1, 0.15) is 0 Å². The van der Waals surface area contributed by atoms with Gasteiger partial charge in [0.25, 0.3) is 0 Å². The zero-order valence-corrected chi connectivity index (χ0v) is 17.9. The van der Waals surface area contributed by atoms with Crippen LogP contribution in [-0.2, 0) is 22.3 Å². The number of fused-ring (bicyclic) bond motifs is 1. The Balaban J connectivity index is 1.77. The second-order valence-corrected chi connectivity index (χ2v) is 8.01. The molecule has 0 atom stereocenters. The molecule has 1 amide bonds. The van der Waals surface area contributed by atoms with Crippen LogP contribution < -0.4 is 5.32 Å². The molecule has 1 heterocycles. The van der Waals surface area contributed by atoms with E-state index in [0.29, 0.717) is 28.8 Å². The molecule has 1 N–H and O–H groups in total. The number of nitrogens with zero attached hydrogens (tertiary/aromatic N) is 2. The fourth-order valence-electron chi connectivity index (χ4n) is 2.77. The Morgan fingerprint density at radius 1 is 1.20 bits per heavy atom. The zero-order chi connectivity index (χ0) is 21.9. The smallest absolute Gasteiger partial charge is 0.383 e. The third-order valence-electron chi connectivity index (χ3n) is 4.09. The number of imidazole rings is 1. The summed E-state index contributed by atoms with van der Waals surface area (Å²) in [6.45, 7) is 0.918. The fourth-order valence-corrected chi connectivity index (χ4v) is 3.95. The number of aromatic nitrogens is 2. The lowest BCUT2D eigenvalue weighted by atomic mass is 10.1. The molecule has 0 unspecified atom stereocenters. The van der Waals surface area contributed by atoms with E-state index in [1.165, 1.54) is 6.07 Å². The van der Waals surface area contributed by atoms with E-state index in [9.17, 15) is 18.0 Å². The largest absolute Gasteiger partial charge is 0.418 e. The molecule has 0 saturated heterocycles. The van der Waals surface area contributed by atoms with Crippen LogP contribution in [0.15, 0.2) is 41.6 Å². The van der Waals surface area contributed by atoms with E-state index in [2.05, 4.69) is 10.3 Å². The maximum Gasteiger partial charge on any atom is 0.418 e. The second kappa shape index (κ2) is 9.47. The van der Waals surface area contributed by atoms with Gasteiger partial charge in [-0.1, -0.05) is 35.0 Å². The van der Waals surface area contributed by atoms with Crippen molar-refractivity contribution in [2.45, 2.75) is 17.9 Å². The lowest BCUT2D eigenvalue weighted by Gasteiger charge is -2.14. The average molecular weight is 478 g/mol. The molecule has 0 aliphatic heterocycles. The van der Waals surface area contributed by atoms with E-state index in [1.54, 1.807) is 19.2 Å². The van der Waals surface area contributed by atoms with Gasteiger partial charge in [0.15, 0.2) is 5.16 Å². The van der Waals surface area contributed by atoms with Gasteiger partial charge in [0.05, 0.1) is 34.6 Å². The van der Waals surface area contributed by atoms with Crippen LogP contribution >= 0.6 is 35.0 Å². The molecule has 11 heteroatoms. The fraction of sp³-hybridized carbons (Fsp3) is 0.263. The quantitative estimate of drug-likeness (QED) is 0.440. The summed E-state index contributed by atoms with van der Waals surface area (Å²) in [5, 5.41) is 3.29. The number of methoxy groups -OCH3 is 1. The number of hydrogen-bond donors (Lipinski definition) is 1. The number of anilines is 1. The summed E-state index contributed by atoms with van der Waals surface area (Å²) in [6.07, 6.45) is -4.64.